The van der Waals surface area contributed by atoms with Crippen LogP contribution in [0.1, 0.15) is 66.1 Å². The van der Waals surface area contributed by atoms with E-state index in [-0.39, 0.29) is 23.8 Å². The molecule has 0 radical (unpaired) electrons. The predicted molar refractivity (Wildman–Crippen MR) is 143 cm³/mol. The molecule has 1 aliphatic carbocycles. The van der Waals surface area contributed by atoms with E-state index in [0.29, 0.717) is 25.0 Å². The number of nitrogens with one attached hydrogen (secondary N) is 1. The van der Waals surface area contributed by atoms with Crippen molar-refractivity contribution in [3.63, 3.8) is 0 Å². The van der Waals surface area contributed by atoms with Gasteiger partial charge in [-0.1, -0.05) is 24.3 Å². The van der Waals surface area contributed by atoms with Crippen molar-refractivity contribution >= 4 is 11.9 Å². The van der Waals surface area contributed by atoms with Crippen LogP contribution in [0.2, 0.25) is 0 Å². The molecule has 1 amide bonds. The number of carbonyl (C=O) groups excluding carboxylic acids is 1. The predicted octanol–water partition coefficient (Wildman–Crippen LogP) is 3.71. The van der Waals surface area contributed by atoms with Gasteiger partial charge in [-0.25, -0.2) is 9.97 Å². The van der Waals surface area contributed by atoms with Crippen molar-refractivity contribution in [1.29, 1.82) is 0 Å². The lowest BCUT2D eigenvalue weighted by molar-refractivity contribution is -0.141. The molecule has 1 saturated carbocycles. The molecule has 37 heavy (non-hydrogen) atoms. The minimum Gasteiger partial charge on any atom is -0.348 e. The molecule has 1 N–H and O–H groups in total. The van der Waals surface area contributed by atoms with Crippen molar-refractivity contribution < 1.29 is 4.79 Å². The number of likely N-dealkylation sites (N-methyl/N-ethyl adjacent to an activating group) is 1. The number of benzene rings is 1. The second kappa shape index (κ2) is 9.89. The normalized spacial score (nSPS) is 24.1. The van der Waals surface area contributed by atoms with Crippen LogP contribution in [0, 0.1) is 5.92 Å². The highest BCUT2D eigenvalue weighted by atomic mass is 16.2. The molecule has 3 aromatic rings. The highest BCUT2D eigenvalue weighted by Gasteiger charge is 2.39. The maximum Gasteiger partial charge on any atom is 0.227 e. The van der Waals surface area contributed by atoms with Gasteiger partial charge in [-0.05, 0) is 74.9 Å². The third-order valence-corrected chi connectivity index (χ3v) is 8.32. The standard InChI is InChI=1S/C29H37N7O/c1-19-13-23-15-30-29(31-16-24-9-12-35(3)33-24)32-27(23)18-36(19)28(37)25-10-11-34(2)17-26(25)22-6-4-5-21(14-22)20-7-8-20/h4-6,9,12,14-15,19-20,25-26H,7-8,10-11,13,16-18H2,1-3H3,(H,30,31,32)/t19-,25+,26-/m1/s1. The first-order valence-electron chi connectivity index (χ1n) is 13.6. The average Bonchev–Trinajstić information content (AvgIpc) is 3.68. The Balaban J connectivity index is 1.20. The SMILES string of the molecule is C[C@@H]1Cc2cnc(NCc3ccn(C)n3)nc2CN1C(=O)[C@H]1CCN(C)C[C@@H]1c1cccc(C2CC2)c1. The fourth-order valence-corrected chi connectivity index (χ4v) is 6.02. The summed E-state index contributed by atoms with van der Waals surface area (Å²) in [6.07, 6.45) is 8.11. The maximum atomic E-state index is 14.1. The van der Waals surface area contributed by atoms with Crippen LogP contribution >= 0.6 is 0 Å². The lowest BCUT2D eigenvalue weighted by Crippen LogP contribution is -2.50. The van der Waals surface area contributed by atoms with Crippen LogP contribution < -0.4 is 5.32 Å². The van der Waals surface area contributed by atoms with Gasteiger partial charge in [-0.2, -0.15) is 5.10 Å². The summed E-state index contributed by atoms with van der Waals surface area (Å²) in [5.74, 6) is 1.79. The van der Waals surface area contributed by atoms with Gasteiger partial charge in [0.2, 0.25) is 11.9 Å². The largest absolute Gasteiger partial charge is 0.348 e. The van der Waals surface area contributed by atoms with Gasteiger partial charge in [0.05, 0.1) is 24.5 Å². The summed E-state index contributed by atoms with van der Waals surface area (Å²) in [6, 6.07) is 11.2. The van der Waals surface area contributed by atoms with Crippen LogP contribution in [0.4, 0.5) is 5.95 Å². The van der Waals surface area contributed by atoms with Gasteiger partial charge in [0.15, 0.2) is 0 Å². The first kappa shape index (κ1) is 24.1. The number of fused-ring (bicyclic) bond motifs is 1. The molecule has 2 fully saturated rings. The van der Waals surface area contributed by atoms with Crippen molar-refractivity contribution in [3.05, 3.63) is 70.8 Å². The van der Waals surface area contributed by atoms with E-state index in [4.69, 9.17) is 4.98 Å². The van der Waals surface area contributed by atoms with Crippen LogP contribution in [0.15, 0.2) is 42.7 Å². The molecule has 0 unspecified atom stereocenters. The second-order valence-electron chi connectivity index (χ2n) is 11.2. The van der Waals surface area contributed by atoms with Gasteiger partial charge in [-0.3, -0.25) is 9.48 Å². The Kier molecular flexibility index (Phi) is 6.44. The number of aryl methyl sites for hydroxylation is 1. The Labute approximate surface area is 219 Å². The Bertz CT molecular complexity index is 1280. The number of anilines is 1. The minimum atomic E-state index is -0.00163. The number of hydrogen-bond donors (Lipinski definition) is 1. The lowest BCUT2D eigenvalue weighted by Gasteiger charge is -2.42. The molecule has 8 nitrogen and oxygen atoms in total. The zero-order valence-electron chi connectivity index (χ0n) is 22.1. The number of likely N-dealkylation sites (tertiary alicyclic amines) is 1. The van der Waals surface area contributed by atoms with Gasteiger partial charge in [0, 0.05) is 43.9 Å². The van der Waals surface area contributed by atoms with Crippen LogP contribution in [0.25, 0.3) is 0 Å². The molecule has 3 aliphatic rings. The van der Waals surface area contributed by atoms with Gasteiger partial charge in [0.1, 0.15) is 0 Å². The van der Waals surface area contributed by atoms with E-state index < -0.39 is 0 Å². The van der Waals surface area contributed by atoms with Gasteiger partial charge < -0.3 is 15.1 Å². The number of nitrogens with zero attached hydrogens (tertiary/aromatic N) is 6. The van der Waals surface area contributed by atoms with Gasteiger partial charge in [0.25, 0.3) is 0 Å². The smallest absolute Gasteiger partial charge is 0.227 e. The summed E-state index contributed by atoms with van der Waals surface area (Å²) < 4.78 is 1.79. The first-order valence-corrected chi connectivity index (χ1v) is 13.6. The molecule has 0 bridgehead atoms. The lowest BCUT2D eigenvalue weighted by atomic mass is 9.79. The summed E-state index contributed by atoms with van der Waals surface area (Å²) in [6.45, 7) is 5.14. The number of amides is 1. The molecule has 4 heterocycles. The van der Waals surface area contributed by atoms with Crippen LogP contribution in [0.5, 0.6) is 0 Å². The van der Waals surface area contributed by atoms with E-state index in [2.05, 4.69) is 63.4 Å². The highest BCUT2D eigenvalue weighted by molar-refractivity contribution is 5.81. The summed E-state index contributed by atoms with van der Waals surface area (Å²) >= 11 is 0. The maximum absolute atomic E-state index is 14.1. The number of piperidine rings is 1. The molecular formula is C29H37N7O. The molecule has 194 valence electrons. The average molecular weight is 500 g/mol. The molecule has 2 aromatic heterocycles. The van der Waals surface area contributed by atoms with Crippen LogP contribution in [-0.4, -0.2) is 61.6 Å². The third kappa shape index (κ3) is 5.12. The Morgan fingerprint density at radius 1 is 1.14 bits per heavy atom. The fourth-order valence-electron chi connectivity index (χ4n) is 6.02. The molecule has 3 atom stereocenters. The number of carbonyl (C=O) groups is 1. The van der Waals surface area contributed by atoms with Crippen molar-refractivity contribution in [2.45, 2.75) is 63.6 Å². The molecule has 8 heteroatoms. The Morgan fingerprint density at radius 3 is 2.76 bits per heavy atom. The van der Waals surface area contributed by atoms with Crippen molar-refractivity contribution in [2.24, 2.45) is 13.0 Å². The fraction of sp³-hybridized carbons (Fsp3) is 0.517. The van der Waals surface area contributed by atoms with Gasteiger partial charge >= 0.3 is 0 Å². The van der Waals surface area contributed by atoms with E-state index in [1.165, 1.54) is 24.0 Å². The van der Waals surface area contributed by atoms with E-state index in [1.807, 2.05) is 25.5 Å². The molecular weight excluding hydrogens is 462 g/mol. The quantitative estimate of drug-likeness (QED) is 0.557. The number of hydrogen-bond acceptors (Lipinski definition) is 6. The minimum absolute atomic E-state index is 0.00163. The summed E-state index contributed by atoms with van der Waals surface area (Å²) in [5.41, 5.74) is 5.79. The topological polar surface area (TPSA) is 79.2 Å². The zero-order valence-corrected chi connectivity index (χ0v) is 22.1. The monoisotopic (exact) mass is 499 g/mol. The van der Waals surface area contributed by atoms with Crippen molar-refractivity contribution in [2.75, 3.05) is 25.5 Å². The van der Waals surface area contributed by atoms with E-state index in [9.17, 15) is 4.79 Å². The Hall–Kier alpha value is -3.26. The Morgan fingerprint density at radius 2 is 1.97 bits per heavy atom. The number of aromatic nitrogens is 4. The first-order chi connectivity index (χ1) is 17.9. The summed E-state index contributed by atoms with van der Waals surface area (Å²) in [7, 11) is 4.08. The van der Waals surface area contributed by atoms with Crippen molar-refractivity contribution in [1.82, 2.24) is 29.5 Å². The van der Waals surface area contributed by atoms with Crippen LogP contribution in [-0.2, 0) is 31.4 Å². The van der Waals surface area contributed by atoms with Crippen molar-refractivity contribution in [3.8, 4) is 0 Å². The molecule has 0 spiro atoms. The third-order valence-electron chi connectivity index (χ3n) is 8.32. The highest BCUT2D eigenvalue weighted by Crippen LogP contribution is 2.42. The van der Waals surface area contributed by atoms with Gasteiger partial charge in [-0.15, -0.1) is 0 Å². The van der Waals surface area contributed by atoms with E-state index in [1.54, 1.807) is 4.68 Å². The molecule has 6 rings (SSSR count). The zero-order chi connectivity index (χ0) is 25.5. The van der Waals surface area contributed by atoms with E-state index in [0.717, 1.165) is 42.9 Å². The summed E-state index contributed by atoms with van der Waals surface area (Å²) in [5, 5.41) is 7.70. The van der Waals surface area contributed by atoms with E-state index >= 15 is 0 Å². The number of rotatable bonds is 6. The second-order valence-corrected chi connectivity index (χ2v) is 11.2. The molecule has 1 aromatic carbocycles. The summed E-state index contributed by atoms with van der Waals surface area (Å²) in [4.78, 5) is 27.9. The van der Waals surface area contributed by atoms with Crippen LogP contribution in [0.3, 0.4) is 0 Å². The molecule has 1 saturated heterocycles. The molecule has 2 aliphatic heterocycles.